The van der Waals surface area contributed by atoms with E-state index in [4.69, 9.17) is 0 Å². The van der Waals surface area contributed by atoms with Crippen LogP contribution in [0.2, 0.25) is 0 Å². The fraction of sp³-hybridized carbons (Fsp3) is 0.111. The van der Waals surface area contributed by atoms with Gasteiger partial charge in [0.25, 0.3) is 5.78 Å². The number of aliphatic hydroxyl groups is 2. The van der Waals surface area contributed by atoms with Crippen LogP contribution in [0.25, 0.3) is 11.5 Å². The summed E-state index contributed by atoms with van der Waals surface area (Å²) < 4.78 is 37.7. The van der Waals surface area contributed by atoms with E-state index in [1.54, 1.807) is 48.5 Å². The van der Waals surface area contributed by atoms with E-state index in [-0.39, 0.29) is 23.2 Å². The second-order valence-electron chi connectivity index (χ2n) is 7.86. The van der Waals surface area contributed by atoms with Crippen molar-refractivity contribution in [3.63, 3.8) is 0 Å². The summed E-state index contributed by atoms with van der Waals surface area (Å²) in [4.78, 5) is 27.0. The number of aliphatic hydroxyl groups excluding tert-OH is 2. The maximum atomic E-state index is 12.6. The van der Waals surface area contributed by atoms with Gasteiger partial charge in [0.05, 0.1) is 11.4 Å². The van der Waals surface area contributed by atoms with E-state index in [9.17, 15) is 33.0 Å². The van der Waals surface area contributed by atoms with Gasteiger partial charge in [-0.15, -0.1) is 0 Å². The molecule has 0 saturated heterocycles. The highest BCUT2D eigenvalue weighted by molar-refractivity contribution is 7.99. The minimum atomic E-state index is -5.08. The first-order valence-electron chi connectivity index (χ1n) is 10.8. The summed E-state index contributed by atoms with van der Waals surface area (Å²) in [6.45, 7) is 2.50. The molecule has 1 aliphatic rings. The summed E-state index contributed by atoms with van der Waals surface area (Å²) >= 11 is 1.29. The Hall–Kier alpha value is -3.98. The van der Waals surface area contributed by atoms with Crippen LogP contribution in [0.15, 0.2) is 88.7 Å². The number of fused-ring (bicyclic) bond motifs is 2. The molecule has 0 unspecified atom stereocenters. The molecule has 0 aromatic heterocycles. The van der Waals surface area contributed by atoms with E-state index < -0.39 is 17.7 Å². The van der Waals surface area contributed by atoms with Crippen molar-refractivity contribution in [2.75, 3.05) is 11.4 Å². The van der Waals surface area contributed by atoms with Crippen molar-refractivity contribution in [3.05, 3.63) is 95.6 Å². The highest BCUT2D eigenvalue weighted by Crippen LogP contribution is 2.49. The van der Waals surface area contributed by atoms with Crippen molar-refractivity contribution in [1.82, 2.24) is 0 Å². The standard InChI is InChI=1S/C27H20F3NO4S/c1-2-31-19-10-8-17(22(33)14-21(32)16-6-4-3-5-7-16)12-24(19)36-25-13-18(9-11-20(25)31)23(34)15-26(35)27(28,29)30/h3-15,33-34H,2H2,1H3/b22-14-,23-15+. The first kappa shape index (κ1) is 25.1. The molecule has 184 valence electrons. The second kappa shape index (κ2) is 9.94. The molecule has 9 heteroatoms. The van der Waals surface area contributed by atoms with Crippen molar-refractivity contribution >= 4 is 46.2 Å². The number of allylic oxidation sites excluding steroid dienone is 2. The molecule has 1 aliphatic heterocycles. The van der Waals surface area contributed by atoms with Crippen LogP contribution in [-0.2, 0) is 4.79 Å². The number of hydrogen-bond acceptors (Lipinski definition) is 6. The monoisotopic (exact) mass is 511 g/mol. The molecule has 0 spiro atoms. The van der Waals surface area contributed by atoms with Crippen LogP contribution >= 0.6 is 11.8 Å². The van der Waals surface area contributed by atoms with E-state index in [1.165, 1.54) is 23.9 Å². The van der Waals surface area contributed by atoms with Gasteiger partial charge in [-0.2, -0.15) is 13.2 Å². The second-order valence-corrected chi connectivity index (χ2v) is 8.95. The average molecular weight is 512 g/mol. The van der Waals surface area contributed by atoms with Crippen LogP contribution in [0.3, 0.4) is 0 Å². The highest BCUT2D eigenvalue weighted by atomic mass is 32.2. The summed E-state index contributed by atoms with van der Waals surface area (Å²) in [6, 6.07) is 18.4. The molecule has 3 aromatic rings. The molecule has 1 heterocycles. The lowest BCUT2D eigenvalue weighted by Gasteiger charge is -2.32. The van der Waals surface area contributed by atoms with Crippen LogP contribution in [0, 0.1) is 0 Å². The van der Waals surface area contributed by atoms with Gasteiger partial charge in [0.2, 0.25) is 0 Å². The summed E-state index contributed by atoms with van der Waals surface area (Å²) in [5, 5.41) is 20.7. The Labute approximate surface area is 209 Å². The van der Waals surface area contributed by atoms with Crippen LogP contribution in [-0.4, -0.2) is 34.5 Å². The zero-order chi connectivity index (χ0) is 26.0. The van der Waals surface area contributed by atoms with Gasteiger partial charge in [-0.05, 0) is 43.3 Å². The molecule has 3 aromatic carbocycles. The average Bonchev–Trinajstić information content (AvgIpc) is 2.86. The van der Waals surface area contributed by atoms with Crippen molar-refractivity contribution < 1.29 is 33.0 Å². The van der Waals surface area contributed by atoms with Gasteiger partial charge >= 0.3 is 6.18 Å². The molecule has 0 aliphatic carbocycles. The fourth-order valence-corrected chi connectivity index (χ4v) is 4.90. The smallest absolute Gasteiger partial charge is 0.454 e. The Morgan fingerprint density at radius 3 is 1.86 bits per heavy atom. The predicted octanol–water partition coefficient (Wildman–Crippen LogP) is 7.12. The van der Waals surface area contributed by atoms with E-state index in [0.29, 0.717) is 22.6 Å². The summed E-state index contributed by atoms with van der Waals surface area (Å²) in [5.74, 6) is -3.49. The molecule has 4 rings (SSSR count). The number of carbonyl (C=O) groups is 2. The molecule has 0 saturated carbocycles. The topological polar surface area (TPSA) is 77.8 Å². The van der Waals surface area contributed by atoms with Gasteiger partial charge in [-0.3, -0.25) is 9.59 Å². The molecule has 0 atom stereocenters. The number of hydrogen-bond donors (Lipinski definition) is 2. The largest absolute Gasteiger partial charge is 0.507 e. The third-order valence-electron chi connectivity index (χ3n) is 5.50. The highest BCUT2D eigenvalue weighted by Gasteiger charge is 2.37. The van der Waals surface area contributed by atoms with E-state index in [1.807, 2.05) is 17.9 Å². The Bertz CT molecular complexity index is 1400. The quantitative estimate of drug-likeness (QED) is 0.208. The Morgan fingerprint density at radius 1 is 0.833 bits per heavy atom. The van der Waals surface area contributed by atoms with Gasteiger partial charge in [0.1, 0.15) is 11.5 Å². The van der Waals surface area contributed by atoms with E-state index in [2.05, 4.69) is 0 Å². The number of rotatable bonds is 6. The lowest BCUT2D eigenvalue weighted by atomic mass is 10.1. The van der Waals surface area contributed by atoms with Crippen LogP contribution in [0.5, 0.6) is 0 Å². The van der Waals surface area contributed by atoms with Crippen molar-refractivity contribution in [3.8, 4) is 0 Å². The summed E-state index contributed by atoms with van der Waals surface area (Å²) in [7, 11) is 0. The number of carbonyl (C=O) groups excluding carboxylic acids is 2. The number of anilines is 2. The number of nitrogens with zero attached hydrogens (tertiary/aromatic N) is 1. The van der Waals surface area contributed by atoms with Gasteiger partial charge in [0, 0.05) is 45.2 Å². The number of halogens is 3. The molecule has 36 heavy (non-hydrogen) atoms. The van der Waals surface area contributed by atoms with Crippen LogP contribution in [0.4, 0.5) is 24.5 Å². The van der Waals surface area contributed by atoms with Gasteiger partial charge in [0.15, 0.2) is 5.78 Å². The van der Waals surface area contributed by atoms with Gasteiger partial charge < -0.3 is 15.1 Å². The first-order chi connectivity index (χ1) is 17.1. The number of ketones is 2. The molecule has 0 fully saturated rings. The predicted molar refractivity (Wildman–Crippen MR) is 133 cm³/mol. The Balaban J connectivity index is 1.66. The molecule has 2 N–H and O–H groups in total. The molecule has 0 amide bonds. The third kappa shape index (κ3) is 5.16. The van der Waals surface area contributed by atoms with Gasteiger partial charge in [-0.25, -0.2) is 0 Å². The number of alkyl halides is 3. The van der Waals surface area contributed by atoms with E-state index >= 15 is 0 Å². The summed E-state index contributed by atoms with van der Waals surface area (Å²) in [5.41, 5.74) is 2.54. The van der Waals surface area contributed by atoms with Crippen molar-refractivity contribution in [2.24, 2.45) is 0 Å². The minimum absolute atomic E-state index is 0.0608. The lowest BCUT2D eigenvalue weighted by Crippen LogP contribution is -2.21. The normalized spacial score (nSPS) is 13.7. The van der Waals surface area contributed by atoms with Crippen molar-refractivity contribution in [1.29, 1.82) is 0 Å². The SMILES string of the molecule is CCN1c2ccc(/C(O)=C/C(=O)c3ccccc3)cc2Sc2cc(/C(O)=C\C(=O)C(F)(F)F)ccc21. The zero-order valence-electron chi connectivity index (χ0n) is 18.9. The maximum absolute atomic E-state index is 12.6. The van der Waals surface area contributed by atoms with E-state index in [0.717, 1.165) is 22.3 Å². The molecule has 5 nitrogen and oxygen atoms in total. The van der Waals surface area contributed by atoms with Crippen molar-refractivity contribution in [2.45, 2.75) is 22.9 Å². The molecule has 0 bridgehead atoms. The van der Waals surface area contributed by atoms with Gasteiger partial charge in [-0.1, -0.05) is 42.1 Å². The third-order valence-corrected chi connectivity index (χ3v) is 6.60. The Kier molecular flexibility index (Phi) is 6.94. The zero-order valence-corrected chi connectivity index (χ0v) is 19.7. The van der Waals surface area contributed by atoms with Crippen LogP contribution < -0.4 is 4.90 Å². The maximum Gasteiger partial charge on any atom is 0.454 e. The summed E-state index contributed by atoms with van der Waals surface area (Å²) in [6.07, 6.45) is -3.77. The molecular weight excluding hydrogens is 491 g/mol. The molecule has 0 radical (unpaired) electrons. The fourth-order valence-electron chi connectivity index (χ4n) is 3.73. The van der Waals surface area contributed by atoms with Crippen LogP contribution in [0.1, 0.15) is 28.4 Å². The number of benzene rings is 3. The molecular formula is C27H20F3NO4S. The lowest BCUT2D eigenvalue weighted by molar-refractivity contribution is -0.165. The minimum Gasteiger partial charge on any atom is -0.507 e. The first-order valence-corrected chi connectivity index (χ1v) is 11.7. The Morgan fingerprint density at radius 2 is 1.36 bits per heavy atom.